The summed E-state index contributed by atoms with van der Waals surface area (Å²) in [4.78, 5) is 40.9. The number of aliphatic carboxylic acids is 1. The van der Waals surface area contributed by atoms with Gasteiger partial charge < -0.3 is 20.2 Å². The molecule has 3 atom stereocenters. The Kier molecular flexibility index (Phi) is 6.96. The summed E-state index contributed by atoms with van der Waals surface area (Å²) in [6.07, 6.45) is 9.09. The number of urea groups is 1. The van der Waals surface area contributed by atoms with Crippen molar-refractivity contribution in [2.45, 2.75) is 70.3 Å². The molecule has 7 heteroatoms. The average Bonchev–Trinajstić information content (AvgIpc) is 3.17. The number of carbonyl (C=O) groups is 3. The van der Waals surface area contributed by atoms with E-state index in [4.69, 9.17) is 0 Å². The zero-order valence-corrected chi connectivity index (χ0v) is 16.2. The third kappa shape index (κ3) is 5.14. The van der Waals surface area contributed by atoms with Crippen LogP contribution < -0.4 is 5.32 Å². The summed E-state index contributed by atoms with van der Waals surface area (Å²) in [5.74, 6) is -1.62. The number of carbonyl (C=O) groups excluding carboxylic acids is 2. The number of rotatable bonds is 3. The van der Waals surface area contributed by atoms with Gasteiger partial charge in [0.2, 0.25) is 5.91 Å². The van der Waals surface area contributed by atoms with Crippen LogP contribution in [-0.4, -0.2) is 65.0 Å². The summed E-state index contributed by atoms with van der Waals surface area (Å²) in [5, 5.41) is 12.6. The third-order valence-corrected chi connectivity index (χ3v) is 6.35. The summed E-state index contributed by atoms with van der Waals surface area (Å²) in [7, 11) is 0. The lowest BCUT2D eigenvalue weighted by molar-refractivity contribution is -0.143. The Morgan fingerprint density at radius 1 is 0.778 bits per heavy atom. The molecule has 3 rings (SSSR count). The van der Waals surface area contributed by atoms with E-state index in [0.29, 0.717) is 19.5 Å². The Balaban J connectivity index is 1.58. The Morgan fingerprint density at radius 3 is 2.15 bits per heavy atom. The number of carboxylic acid groups (broad SMARTS) is 1. The number of hydrogen-bond donors (Lipinski definition) is 2. The van der Waals surface area contributed by atoms with Crippen molar-refractivity contribution >= 4 is 17.9 Å². The molecule has 0 aromatic heterocycles. The first kappa shape index (κ1) is 20.0. The molecule has 3 unspecified atom stereocenters. The van der Waals surface area contributed by atoms with E-state index in [1.807, 2.05) is 9.80 Å². The molecule has 0 spiro atoms. The molecule has 0 bridgehead atoms. The van der Waals surface area contributed by atoms with Gasteiger partial charge in [0.15, 0.2) is 0 Å². The highest BCUT2D eigenvalue weighted by molar-refractivity contribution is 5.82. The minimum atomic E-state index is -0.809. The quantitative estimate of drug-likeness (QED) is 0.788. The van der Waals surface area contributed by atoms with Crippen molar-refractivity contribution in [3.05, 3.63) is 0 Å². The van der Waals surface area contributed by atoms with Crippen LogP contribution in [0, 0.1) is 11.8 Å². The average molecular weight is 380 g/mol. The van der Waals surface area contributed by atoms with Crippen LogP contribution in [0.2, 0.25) is 0 Å². The molecule has 2 aliphatic heterocycles. The Labute approximate surface area is 161 Å². The molecule has 152 valence electrons. The van der Waals surface area contributed by atoms with Crippen molar-refractivity contribution in [2.75, 3.05) is 26.2 Å². The Morgan fingerprint density at radius 2 is 1.44 bits per heavy atom. The van der Waals surface area contributed by atoms with Crippen molar-refractivity contribution in [3.63, 3.8) is 0 Å². The molecule has 0 radical (unpaired) electrons. The van der Waals surface area contributed by atoms with Gasteiger partial charge >= 0.3 is 12.0 Å². The number of hydrogen-bond acceptors (Lipinski definition) is 3. The van der Waals surface area contributed by atoms with Gasteiger partial charge in [-0.15, -0.1) is 0 Å². The highest BCUT2D eigenvalue weighted by Crippen LogP contribution is 2.25. The van der Waals surface area contributed by atoms with Crippen molar-refractivity contribution < 1.29 is 19.5 Å². The second-order valence-electron chi connectivity index (χ2n) is 8.31. The van der Waals surface area contributed by atoms with E-state index in [2.05, 4.69) is 5.32 Å². The molecule has 1 saturated carbocycles. The molecular weight excluding hydrogens is 346 g/mol. The number of nitrogens with one attached hydrogen (secondary N) is 1. The maximum absolute atomic E-state index is 12.9. The molecule has 3 fully saturated rings. The van der Waals surface area contributed by atoms with Gasteiger partial charge in [-0.1, -0.05) is 25.7 Å². The minimum absolute atomic E-state index is 0.0550. The van der Waals surface area contributed by atoms with Crippen LogP contribution >= 0.6 is 0 Å². The van der Waals surface area contributed by atoms with Gasteiger partial charge in [-0.3, -0.25) is 9.59 Å². The Bertz CT molecular complexity index is 547. The van der Waals surface area contributed by atoms with Gasteiger partial charge in [0.25, 0.3) is 0 Å². The van der Waals surface area contributed by atoms with Gasteiger partial charge in [0.1, 0.15) is 0 Å². The summed E-state index contributed by atoms with van der Waals surface area (Å²) in [5.41, 5.74) is 0. The highest BCUT2D eigenvalue weighted by atomic mass is 16.4. The molecule has 0 aromatic carbocycles. The zero-order chi connectivity index (χ0) is 19.2. The second-order valence-corrected chi connectivity index (χ2v) is 8.31. The lowest BCUT2D eigenvalue weighted by Gasteiger charge is -2.36. The molecule has 7 nitrogen and oxygen atoms in total. The van der Waals surface area contributed by atoms with Crippen LogP contribution in [0.5, 0.6) is 0 Å². The van der Waals surface area contributed by atoms with E-state index in [1.54, 1.807) is 0 Å². The standard InChI is InChI=1S/C20H33N3O4/c24-18(21-17-10-4-2-1-3-9-16(17)19(25)26)15-8-7-13-23(14-15)20(27)22-11-5-6-12-22/h15-17H,1-14H2,(H,21,24)(H,25,26). The lowest BCUT2D eigenvalue weighted by Crippen LogP contribution is -2.52. The third-order valence-electron chi connectivity index (χ3n) is 6.35. The van der Waals surface area contributed by atoms with Crippen molar-refractivity contribution in [1.29, 1.82) is 0 Å². The molecule has 2 saturated heterocycles. The molecule has 3 aliphatic rings. The van der Waals surface area contributed by atoms with Crippen molar-refractivity contribution in [2.24, 2.45) is 11.8 Å². The van der Waals surface area contributed by atoms with Gasteiger partial charge in [-0.2, -0.15) is 0 Å². The largest absolute Gasteiger partial charge is 0.481 e. The van der Waals surface area contributed by atoms with E-state index in [1.165, 1.54) is 0 Å². The molecule has 0 aromatic rings. The maximum atomic E-state index is 12.9. The second kappa shape index (κ2) is 9.42. The maximum Gasteiger partial charge on any atom is 0.320 e. The van der Waals surface area contributed by atoms with Crippen LogP contribution in [0.15, 0.2) is 0 Å². The summed E-state index contributed by atoms with van der Waals surface area (Å²) < 4.78 is 0. The molecule has 27 heavy (non-hydrogen) atoms. The van der Waals surface area contributed by atoms with E-state index in [-0.39, 0.29) is 23.9 Å². The van der Waals surface area contributed by atoms with Gasteiger partial charge in [0.05, 0.1) is 11.8 Å². The van der Waals surface area contributed by atoms with Crippen LogP contribution in [0.1, 0.15) is 64.2 Å². The molecule has 3 amide bonds. The van der Waals surface area contributed by atoms with Crippen LogP contribution in [0.4, 0.5) is 4.79 Å². The van der Waals surface area contributed by atoms with E-state index in [0.717, 1.165) is 70.9 Å². The number of nitrogens with zero attached hydrogens (tertiary/aromatic N) is 2. The van der Waals surface area contributed by atoms with Crippen LogP contribution in [-0.2, 0) is 9.59 Å². The highest BCUT2D eigenvalue weighted by Gasteiger charge is 2.35. The number of piperidine rings is 1. The SMILES string of the molecule is O=C(NC1CCCCCCC1C(=O)O)C1CCCN(C(=O)N2CCCC2)C1. The first-order chi connectivity index (χ1) is 13.1. The fraction of sp³-hybridized carbons (Fsp3) is 0.850. The lowest BCUT2D eigenvalue weighted by atomic mass is 9.86. The number of likely N-dealkylation sites (tertiary alicyclic amines) is 2. The monoisotopic (exact) mass is 379 g/mol. The normalized spacial score (nSPS) is 29.7. The van der Waals surface area contributed by atoms with E-state index >= 15 is 0 Å². The summed E-state index contributed by atoms with van der Waals surface area (Å²) in [6.45, 7) is 2.79. The molecule has 2 heterocycles. The van der Waals surface area contributed by atoms with Crippen LogP contribution in [0.25, 0.3) is 0 Å². The van der Waals surface area contributed by atoms with Gasteiger partial charge in [0, 0.05) is 32.2 Å². The Hall–Kier alpha value is -1.79. The number of carboxylic acids is 1. The zero-order valence-electron chi connectivity index (χ0n) is 16.2. The minimum Gasteiger partial charge on any atom is -0.481 e. The molecular formula is C20H33N3O4. The first-order valence-corrected chi connectivity index (χ1v) is 10.6. The van der Waals surface area contributed by atoms with Crippen LogP contribution in [0.3, 0.4) is 0 Å². The predicted octanol–water partition coefficient (Wildman–Crippen LogP) is 2.45. The van der Waals surface area contributed by atoms with Gasteiger partial charge in [-0.25, -0.2) is 4.79 Å². The first-order valence-electron chi connectivity index (χ1n) is 10.6. The van der Waals surface area contributed by atoms with Gasteiger partial charge in [-0.05, 0) is 38.5 Å². The summed E-state index contributed by atoms with van der Waals surface area (Å²) in [6, 6.07) is -0.237. The smallest absolute Gasteiger partial charge is 0.320 e. The van der Waals surface area contributed by atoms with Crippen molar-refractivity contribution in [3.8, 4) is 0 Å². The van der Waals surface area contributed by atoms with E-state index in [9.17, 15) is 19.5 Å². The molecule has 2 N–H and O–H groups in total. The molecule has 1 aliphatic carbocycles. The summed E-state index contributed by atoms with van der Waals surface area (Å²) >= 11 is 0. The topological polar surface area (TPSA) is 90.0 Å². The number of amides is 3. The fourth-order valence-corrected chi connectivity index (χ4v) is 4.73. The van der Waals surface area contributed by atoms with Crippen molar-refractivity contribution in [1.82, 2.24) is 15.1 Å². The van der Waals surface area contributed by atoms with E-state index < -0.39 is 11.9 Å². The predicted molar refractivity (Wildman–Crippen MR) is 101 cm³/mol. The fourth-order valence-electron chi connectivity index (χ4n) is 4.73.